The smallest absolute Gasteiger partial charge is 0.408 e. The molecule has 0 unspecified atom stereocenters. The van der Waals surface area contributed by atoms with Crippen LogP contribution in [0.3, 0.4) is 0 Å². The summed E-state index contributed by atoms with van der Waals surface area (Å²) in [6.07, 6.45) is -0.271. The molecule has 0 saturated heterocycles. The number of rotatable bonds is 5. The average molecular weight is 343 g/mol. The fourth-order valence-corrected chi connectivity index (χ4v) is 3.04. The van der Waals surface area contributed by atoms with Crippen molar-refractivity contribution in [3.63, 3.8) is 0 Å². The zero-order chi connectivity index (χ0) is 17.9. The summed E-state index contributed by atoms with van der Waals surface area (Å²) in [5.74, 6) is -1.47. The lowest BCUT2D eigenvalue weighted by atomic mass is 9.65. The van der Waals surface area contributed by atoms with Crippen molar-refractivity contribution >= 4 is 12.1 Å². The van der Waals surface area contributed by atoms with Gasteiger partial charge >= 0.3 is 12.1 Å². The van der Waals surface area contributed by atoms with E-state index in [2.05, 4.69) is 5.32 Å². The van der Waals surface area contributed by atoms with Gasteiger partial charge in [0.2, 0.25) is 0 Å². The molecule has 2 N–H and O–H groups in total. The Morgan fingerprint density at radius 2 is 1.76 bits per heavy atom. The van der Waals surface area contributed by atoms with Crippen molar-refractivity contribution < 1.29 is 23.8 Å². The number of nitrogens with one attached hydrogen (secondary N) is 1. The Morgan fingerprint density at radius 3 is 2.36 bits per heavy atom. The molecule has 5 nitrogen and oxygen atoms in total. The second-order valence-electron chi connectivity index (χ2n) is 6.23. The molecule has 1 amide bonds. The summed E-state index contributed by atoms with van der Waals surface area (Å²) in [5.41, 5.74) is 0.338. The number of benzene rings is 2. The number of ether oxygens (including phenoxy) is 1. The predicted octanol–water partition coefficient (Wildman–Crippen LogP) is 3.45. The zero-order valence-electron chi connectivity index (χ0n) is 13.4. The number of aliphatic carboxylic acids is 1. The summed E-state index contributed by atoms with van der Waals surface area (Å²) in [6, 6.07) is 15.1. The summed E-state index contributed by atoms with van der Waals surface area (Å²) < 4.78 is 18.1. The number of alkyl carbamates (subject to hydrolysis) is 1. The Bertz CT molecular complexity index is 755. The quantitative estimate of drug-likeness (QED) is 0.872. The zero-order valence-corrected chi connectivity index (χ0v) is 13.4. The van der Waals surface area contributed by atoms with E-state index in [1.807, 2.05) is 30.3 Å². The van der Waals surface area contributed by atoms with Gasteiger partial charge in [0.25, 0.3) is 0 Å². The molecule has 2 aromatic rings. The maximum absolute atomic E-state index is 13.0. The van der Waals surface area contributed by atoms with Gasteiger partial charge < -0.3 is 15.2 Å². The van der Waals surface area contributed by atoms with Gasteiger partial charge in [0.1, 0.15) is 18.0 Å². The molecule has 130 valence electrons. The Balaban J connectivity index is 1.58. The van der Waals surface area contributed by atoms with Gasteiger partial charge in [-0.2, -0.15) is 0 Å². The van der Waals surface area contributed by atoms with Crippen LogP contribution < -0.4 is 5.32 Å². The molecule has 1 fully saturated rings. The molecule has 0 radical (unpaired) electrons. The molecule has 0 bridgehead atoms. The average Bonchev–Trinajstić information content (AvgIpc) is 2.57. The highest BCUT2D eigenvalue weighted by Gasteiger charge is 2.52. The second-order valence-corrected chi connectivity index (χ2v) is 6.23. The third kappa shape index (κ3) is 3.79. The lowest BCUT2D eigenvalue weighted by molar-refractivity contribution is -0.149. The first-order chi connectivity index (χ1) is 12.0. The number of hydrogen-bond donors (Lipinski definition) is 2. The highest BCUT2D eigenvalue weighted by Crippen LogP contribution is 2.45. The maximum atomic E-state index is 13.0. The van der Waals surface area contributed by atoms with E-state index in [1.54, 1.807) is 12.1 Å². The molecule has 0 aliphatic heterocycles. The Kier molecular flexibility index (Phi) is 4.70. The predicted molar refractivity (Wildman–Crippen MR) is 88.5 cm³/mol. The largest absolute Gasteiger partial charge is 0.480 e. The van der Waals surface area contributed by atoms with Crippen molar-refractivity contribution in [1.82, 2.24) is 5.32 Å². The monoisotopic (exact) mass is 343 g/mol. The molecule has 0 aromatic heterocycles. The third-order valence-electron chi connectivity index (χ3n) is 4.49. The topological polar surface area (TPSA) is 75.6 Å². The van der Waals surface area contributed by atoms with Gasteiger partial charge in [-0.25, -0.2) is 14.0 Å². The van der Waals surface area contributed by atoms with Crippen molar-refractivity contribution in [2.45, 2.75) is 30.9 Å². The highest BCUT2D eigenvalue weighted by atomic mass is 19.1. The Morgan fingerprint density at radius 1 is 1.12 bits per heavy atom. The van der Waals surface area contributed by atoms with Crippen molar-refractivity contribution in [1.29, 1.82) is 0 Å². The molecule has 6 heteroatoms. The number of carbonyl (C=O) groups excluding carboxylic acids is 1. The lowest BCUT2D eigenvalue weighted by Gasteiger charge is -2.44. The molecule has 0 spiro atoms. The fraction of sp³-hybridized carbons (Fsp3) is 0.263. The molecule has 25 heavy (non-hydrogen) atoms. The van der Waals surface area contributed by atoms with E-state index in [0.717, 1.165) is 11.1 Å². The summed E-state index contributed by atoms with van der Waals surface area (Å²) >= 11 is 0. The van der Waals surface area contributed by atoms with E-state index in [4.69, 9.17) is 4.74 Å². The molecule has 1 saturated carbocycles. The summed E-state index contributed by atoms with van der Waals surface area (Å²) in [7, 11) is 0. The SMILES string of the molecule is O=C(NC1(C(=O)O)CC(c2ccc(F)cc2)C1)OCc1ccccc1. The number of amides is 1. The molecule has 1 aliphatic carbocycles. The van der Waals surface area contributed by atoms with Crippen LogP contribution in [0.5, 0.6) is 0 Å². The van der Waals surface area contributed by atoms with Crippen LogP contribution >= 0.6 is 0 Å². The molecule has 0 heterocycles. The second kappa shape index (κ2) is 6.93. The Hall–Kier alpha value is -2.89. The van der Waals surface area contributed by atoms with Crippen molar-refractivity contribution in [2.24, 2.45) is 0 Å². The van der Waals surface area contributed by atoms with Crippen LogP contribution in [0, 0.1) is 5.82 Å². The summed E-state index contributed by atoms with van der Waals surface area (Å²) in [4.78, 5) is 23.6. The Labute approximate surface area is 144 Å². The lowest BCUT2D eigenvalue weighted by Crippen LogP contribution is -2.61. The van der Waals surface area contributed by atoms with Gasteiger partial charge in [-0.05, 0) is 42.0 Å². The molecular formula is C19H18FNO4. The van der Waals surface area contributed by atoms with Gasteiger partial charge in [0.15, 0.2) is 0 Å². The van der Waals surface area contributed by atoms with Gasteiger partial charge in [0.05, 0.1) is 0 Å². The molecule has 1 aliphatic rings. The summed E-state index contributed by atoms with van der Waals surface area (Å²) in [6.45, 7) is 0.0732. The molecule has 2 aromatic carbocycles. The van der Waals surface area contributed by atoms with E-state index in [0.29, 0.717) is 0 Å². The van der Waals surface area contributed by atoms with Crippen LogP contribution in [0.25, 0.3) is 0 Å². The number of carbonyl (C=O) groups is 2. The first-order valence-electron chi connectivity index (χ1n) is 7.96. The van der Waals surface area contributed by atoms with E-state index < -0.39 is 17.6 Å². The van der Waals surface area contributed by atoms with Gasteiger partial charge in [0, 0.05) is 0 Å². The van der Waals surface area contributed by atoms with Crippen LogP contribution in [-0.4, -0.2) is 22.7 Å². The van der Waals surface area contributed by atoms with Crippen LogP contribution in [0.4, 0.5) is 9.18 Å². The number of carboxylic acids is 1. The van der Waals surface area contributed by atoms with E-state index in [1.165, 1.54) is 12.1 Å². The van der Waals surface area contributed by atoms with E-state index >= 15 is 0 Å². The fourth-order valence-electron chi connectivity index (χ4n) is 3.04. The van der Waals surface area contributed by atoms with Gasteiger partial charge in [-0.15, -0.1) is 0 Å². The third-order valence-corrected chi connectivity index (χ3v) is 4.49. The number of carboxylic acid groups (broad SMARTS) is 1. The van der Waals surface area contributed by atoms with Crippen LogP contribution in [0.2, 0.25) is 0 Å². The van der Waals surface area contributed by atoms with Crippen LogP contribution in [-0.2, 0) is 16.1 Å². The van der Waals surface area contributed by atoms with E-state index in [9.17, 15) is 19.1 Å². The van der Waals surface area contributed by atoms with Crippen molar-refractivity contribution in [2.75, 3.05) is 0 Å². The normalized spacial score (nSPS) is 21.9. The number of halogens is 1. The van der Waals surface area contributed by atoms with Gasteiger partial charge in [-0.1, -0.05) is 42.5 Å². The molecule has 3 rings (SSSR count). The molecule has 0 atom stereocenters. The first-order valence-corrected chi connectivity index (χ1v) is 7.96. The minimum absolute atomic E-state index is 0.0360. The minimum Gasteiger partial charge on any atom is -0.480 e. The first kappa shape index (κ1) is 17.0. The number of hydrogen-bond acceptors (Lipinski definition) is 3. The van der Waals surface area contributed by atoms with Gasteiger partial charge in [-0.3, -0.25) is 0 Å². The standard InChI is InChI=1S/C19H18FNO4/c20-16-8-6-14(7-9-16)15-10-19(11-15,17(22)23)21-18(24)25-12-13-4-2-1-3-5-13/h1-9,15H,10-12H2,(H,21,24)(H,22,23). The van der Waals surface area contributed by atoms with Crippen molar-refractivity contribution in [3.05, 3.63) is 71.5 Å². The van der Waals surface area contributed by atoms with E-state index in [-0.39, 0.29) is 31.2 Å². The summed E-state index contributed by atoms with van der Waals surface area (Å²) in [5, 5.41) is 12.0. The minimum atomic E-state index is -1.34. The molecular weight excluding hydrogens is 325 g/mol. The highest BCUT2D eigenvalue weighted by molar-refractivity contribution is 5.86. The van der Waals surface area contributed by atoms with Crippen LogP contribution in [0.1, 0.15) is 29.9 Å². The van der Waals surface area contributed by atoms with Crippen LogP contribution in [0.15, 0.2) is 54.6 Å². The maximum Gasteiger partial charge on any atom is 0.408 e. The van der Waals surface area contributed by atoms with Crippen molar-refractivity contribution in [3.8, 4) is 0 Å².